The molecule has 3 rings (SSSR count). The number of para-hydroxylation sites is 1. The minimum atomic E-state index is -3.59. The first-order valence-electron chi connectivity index (χ1n) is 10.3. The minimum Gasteiger partial charge on any atom is -0.348 e. The number of nitrogens with zero attached hydrogens (tertiary/aromatic N) is 1. The highest BCUT2D eigenvalue weighted by Gasteiger charge is 2.23. The molecule has 1 unspecified atom stereocenters. The molecule has 5 nitrogen and oxygen atoms in total. The monoisotopic (exact) mass is 414 g/mol. The van der Waals surface area contributed by atoms with Gasteiger partial charge in [0.05, 0.1) is 18.0 Å². The van der Waals surface area contributed by atoms with Crippen molar-refractivity contribution in [3.63, 3.8) is 0 Å². The highest BCUT2D eigenvalue weighted by atomic mass is 32.2. The van der Waals surface area contributed by atoms with E-state index < -0.39 is 10.0 Å². The molecule has 156 valence electrons. The zero-order chi connectivity index (χ0) is 21.0. The van der Waals surface area contributed by atoms with Crippen molar-refractivity contribution in [3.8, 4) is 0 Å². The molecule has 1 amide bonds. The Morgan fingerprint density at radius 2 is 1.79 bits per heavy atom. The molecule has 6 heteroatoms. The van der Waals surface area contributed by atoms with Gasteiger partial charge in [-0.3, -0.25) is 9.10 Å². The topological polar surface area (TPSA) is 66.5 Å². The van der Waals surface area contributed by atoms with Crippen molar-refractivity contribution in [1.82, 2.24) is 5.32 Å². The lowest BCUT2D eigenvalue weighted by atomic mass is 9.89. The summed E-state index contributed by atoms with van der Waals surface area (Å²) in [5.41, 5.74) is 5.28. The fourth-order valence-corrected chi connectivity index (χ4v) is 4.84. The lowest BCUT2D eigenvalue weighted by Crippen LogP contribution is -2.41. The molecule has 2 aromatic rings. The number of amides is 1. The van der Waals surface area contributed by atoms with Gasteiger partial charge in [0, 0.05) is 0 Å². The van der Waals surface area contributed by atoms with Crippen molar-refractivity contribution < 1.29 is 13.2 Å². The molecular formula is C23H30N2O3S. The third-order valence-corrected chi connectivity index (χ3v) is 6.71. The Morgan fingerprint density at radius 3 is 2.48 bits per heavy atom. The number of carbonyl (C=O) groups is 1. The van der Waals surface area contributed by atoms with Crippen LogP contribution in [0.15, 0.2) is 42.5 Å². The molecular weight excluding hydrogens is 384 g/mol. The van der Waals surface area contributed by atoms with Crippen LogP contribution in [0.3, 0.4) is 0 Å². The molecule has 1 aliphatic carbocycles. The van der Waals surface area contributed by atoms with Crippen LogP contribution in [-0.4, -0.2) is 27.1 Å². The number of anilines is 1. The molecule has 0 spiro atoms. The molecule has 0 saturated heterocycles. The van der Waals surface area contributed by atoms with E-state index in [1.165, 1.54) is 28.3 Å². The Kier molecular flexibility index (Phi) is 6.63. The number of fused-ring (bicyclic) bond motifs is 1. The summed E-state index contributed by atoms with van der Waals surface area (Å²) >= 11 is 0. The lowest BCUT2D eigenvalue weighted by Gasteiger charge is -2.25. The first-order chi connectivity index (χ1) is 13.8. The van der Waals surface area contributed by atoms with Crippen LogP contribution in [-0.2, 0) is 34.1 Å². The van der Waals surface area contributed by atoms with Crippen LogP contribution in [0, 0.1) is 0 Å². The minimum absolute atomic E-state index is 0.183. The van der Waals surface area contributed by atoms with Gasteiger partial charge in [-0.25, -0.2) is 8.42 Å². The molecule has 0 fully saturated rings. The van der Waals surface area contributed by atoms with Crippen LogP contribution in [0.5, 0.6) is 0 Å². The number of carbonyl (C=O) groups excluding carboxylic acids is 1. The SMILES string of the molecule is CCc1ccccc1N(CC(=O)NC(C)c1ccc2c(c1)CCCC2)S(C)(=O)=O. The van der Waals surface area contributed by atoms with Gasteiger partial charge in [0.2, 0.25) is 15.9 Å². The molecule has 0 saturated carbocycles. The molecule has 0 radical (unpaired) electrons. The van der Waals surface area contributed by atoms with Crippen molar-refractivity contribution in [2.24, 2.45) is 0 Å². The van der Waals surface area contributed by atoms with Gasteiger partial charge in [0.1, 0.15) is 6.54 Å². The third-order valence-electron chi connectivity index (χ3n) is 5.58. The number of hydrogen-bond donors (Lipinski definition) is 1. The largest absolute Gasteiger partial charge is 0.348 e. The van der Waals surface area contributed by atoms with Gasteiger partial charge in [-0.05, 0) is 67.3 Å². The van der Waals surface area contributed by atoms with Crippen LogP contribution >= 0.6 is 0 Å². The average Bonchev–Trinajstić information content (AvgIpc) is 2.70. The molecule has 1 aliphatic rings. The van der Waals surface area contributed by atoms with Gasteiger partial charge < -0.3 is 5.32 Å². The van der Waals surface area contributed by atoms with Crippen molar-refractivity contribution in [3.05, 3.63) is 64.7 Å². The Hall–Kier alpha value is -2.34. The third kappa shape index (κ3) is 5.18. The first-order valence-corrected chi connectivity index (χ1v) is 12.1. The second-order valence-electron chi connectivity index (χ2n) is 7.78. The van der Waals surface area contributed by atoms with Gasteiger partial charge >= 0.3 is 0 Å². The second kappa shape index (κ2) is 8.99. The van der Waals surface area contributed by atoms with E-state index in [-0.39, 0.29) is 18.5 Å². The smallest absolute Gasteiger partial charge is 0.241 e. The van der Waals surface area contributed by atoms with Gasteiger partial charge in [0.15, 0.2) is 0 Å². The maximum atomic E-state index is 12.7. The predicted octanol–water partition coefficient (Wildman–Crippen LogP) is 3.77. The van der Waals surface area contributed by atoms with E-state index >= 15 is 0 Å². The van der Waals surface area contributed by atoms with Gasteiger partial charge in [-0.2, -0.15) is 0 Å². The quantitative estimate of drug-likeness (QED) is 0.750. The van der Waals surface area contributed by atoms with E-state index in [9.17, 15) is 13.2 Å². The van der Waals surface area contributed by atoms with Crippen molar-refractivity contribution >= 4 is 21.6 Å². The van der Waals surface area contributed by atoms with Crippen LogP contribution in [0.2, 0.25) is 0 Å². The Morgan fingerprint density at radius 1 is 1.10 bits per heavy atom. The van der Waals surface area contributed by atoms with E-state index in [1.807, 2.05) is 26.0 Å². The number of sulfonamides is 1. The van der Waals surface area contributed by atoms with E-state index in [0.717, 1.165) is 30.2 Å². The lowest BCUT2D eigenvalue weighted by molar-refractivity contribution is -0.120. The molecule has 2 aromatic carbocycles. The van der Waals surface area contributed by atoms with Gasteiger partial charge in [-0.15, -0.1) is 0 Å². The summed E-state index contributed by atoms with van der Waals surface area (Å²) < 4.78 is 26.0. The van der Waals surface area contributed by atoms with Crippen LogP contribution in [0.4, 0.5) is 5.69 Å². The molecule has 1 N–H and O–H groups in total. The molecule has 29 heavy (non-hydrogen) atoms. The van der Waals surface area contributed by atoms with E-state index in [1.54, 1.807) is 12.1 Å². The highest BCUT2D eigenvalue weighted by molar-refractivity contribution is 7.92. The van der Waals surface area contributed by atoms with Crippen molar-refractivity contribution in [1.29, 1.82) is 0 Å². The molecule has 0 heterocycles. The fourth-order valence-electron chi connectivity index (χ4n) is 3.96. The average molecular weight is 415 g/mol. The number of rotatable bonds is 7. The summed E-state index contributed by atoms with van der Waals surface area (Å²) in [4.78, 5) is 12.7. The zero-order valence-electron chi connectivity index (χ0n) is 17.4. The zero-order valence-corrected chi connectivity index (χ0v) is 18.3. The van der Waals surface area contributed by atoms with Gasteiger partial charge in [0.25, 0.3) is 0 Å². The summed E-state index contributed by atoms with van der Waals surface area (Å²) in [6.07, 6.45) is 6.47. The van der Waals surface area contributed by atoms with Crippen molar-refractivity contribution in [2.75, 3.05) is 17.1 Å². The summed E-state index contributed by atoms with van der Waals surface area (Å²) in [5, 5.41) is 2.97. The van der Waals surface area contributed by atoms with E-state index in [0.29, 0.717) is 12.1 Å². The maximum Gasteiger partial charge on any atom is 0.241 e. The van der Waals surface area contributed by atoms with Gasteiger partial charge in [-0.1, -0.05) is 43.3 Å². The molecule has 1 atom stereocenters. The summed E-state index contributed by atoms with van der Waals surface area (Å²) in [5.74, 6) is -0.313. The fraction of sp³-hybridized carbons (Fsp3) is 0.435. The van der Waals surface area contributed by atoms with Crippen LogP contribution < -0.4 is 9.62 Å². The Balaban J connectivity index is 1.75. The number of aryl methyl sites for hydroxylation is 3. The van der Waals surface area contributed by atoms with Crippen molar-refractivity contribution in [2.45, 2.75) is 52.0 Å². The van der Waals surface area contributed by atoms with Crippen LogP contribution in [0.25, 0.3) is 0 Å². The number of nitrogens with one attached hydrogen (secondary N) is 1. The van der Waals surface area contributed by atoms with E-state index in [4.69, 9.17) is 0 Å². The Bertz CT molecular complexity index is 985. The predicted molar refractivity (Wildman–Crippen MR) is 118 cm³/mol. The normalized spacial score (nSPS) is 14.7. The molecule has 0 bridgehead atoms. The summed E-state index contributed by atoms with van der Waals surface area (Å²) in [7, 11) is -3.59. The summed E-state index contributed by atoms with van der Waals surface area (Å²) in [6, 6.07) is 13.5. The number of hydrogen-bond acceptors (Lipinski definition) is 3. The number of benzene rings is 2. The summed E-state index contributed by atoms with van der Waals surface area (Å²) in [6.45, 7) is 3.68. The molecule has 0 aromatic heterocycles. The van der Waals surface area contributed by atoms with Crippen LogP contribution in [0.1, 0.15) is 55.0 Å². The molecule has 0 aliphatic heterocycles. The highest BCUT2D eigenvalue weighted by Crippen LogP contribution is 2.26. The first kappa shape index (κ1) is 21.4. The standard InChI is InChI=1S/C23H30N2O3S/c1-4-18-9-7-8-12-22(18)25(29(3,27)28)16-23(26)24-17(2)20-14-13-19-10-5-6-11-21(19)15-20/h7-9,12-15,17H,4-6,10-11,16H2,1-3H3,(H,24,26). The maximum absolute atomic E-state index is 12.7. The second-order valence-corrected chi connectivity index (χ2v) is 9.68. The Labute approximate surface area is 174 Å². The van der Waals surface area contributed by atoms with E-state index in [2.05, 4.69) is 23.5 Å².